The molecule has 0 bridgehead atoms. The Labute approximate surface area is 102 Å². The molecule has 1 heterocycles. The molecule has 5 heteroatoms. The van der Waals surface area contributed by atoms with Crippen LogP contribution < -0.4 is 9.47 Å². The molecule has 0 spiro atoms. The van der Waals surface area contributed by atoms with Gasteiger partial charge in [0.25, 0.3) is 0 Å². The number of hydrogen-bond acceptors (Lipinski definition) is 4. The van der Waals surface area contributed by atoms with Gasteiger partial charge in [0.15, 0.2) is 5.06 Å². The Morgan fingerprint density at radius 3 is 2.71 bits per heavy atom. The summed E-state index contributed by atoms with van der Waals surface area (Å²) in [4.78, 5) is 10.9. The van der Waals surface area contributed by atoms with E-state index in [2.05, 4.69) is 0 Å². The highest BCUT2D eigenvalue weighted by Crippen LogP contribution is 2.20. The molecule has 0 unspecified atom stereocenters. The normalized spacial score (nSPS) is 9.88. The highest BCUT2D eigenvalue weighted by molar-refractivity contribution is 7.11. The van der Waals surface area contributed by atoms with Crippen LogP contribution in [0.3, 0.4) is 0 Å². The van der Waals surface area contributed by atoms with Crippen LogP contribution in [0.25, 0.3) is 0 Å². The lowest BCUT2D eigenvalue weighted by Gasteiger charge is -2.08. The second-order valence-electron chi connectivity index (χ2n) is 3.14. The number of benzene rings is 1. The molecule has 0 saturated carbocycles. The van der Waals surface area contributed by atoms with E-state index >= 15 is 0 Å². The predicted octanol–water partition coefficient (Wildman–Crippen LogP) is 2.86. The van der Waals surface area contributed by atoms with Gasteiger partial charge < -0.3 is 14.6 Å². The minimum atomic E-state index is -1.02. The molecule has 0 atom stereocenters. The third-order valence-corrected chi connectivity index (χ3v) is 2.81. The second-order valence-corrected chi connectivity index (χ2v) is 4.05. The standard InChI is InChI=1S/C12H10O4S/c13-12(14)9-4-1-2-5-10(9)15-8-16-11-6-3-7-17-11/h1-7H,8H2,(H,13,14). The molecule has 2 rings (SSSR count). The number of hydrogen-bond donors (Lipinski definition) is 1. The van der Waals surface area contributed by atoms with Crippen molar-refractivity contribution >= 4 is 17.3 Å². The molecule has 0 amide bonds. The van der Waals surface area contributed by atoms with Crippen LogP contribution in [0.2, 0.25) is 0 Å². The maximum Gasteiger partial charge on any atom is 0.339 e. The number of para-hydroxylation sites is 1. The van der Waals surface area contributed by atoms with E-state index < -0.39 is 5.97 Å². The first-order valence-electron chi connectivity index (χ1n) is 4.89. The van der Waals surface area contributed by atoms with Crippen molar-refractivity contribution in [3.8, 4) is 10.8 Å². The van der Waals surface area contributed by atoms with Crippen molar-refractivity contribution in [3.63, 3.8) is 0 Å². The van der Waals surface area contributed by atoms with Crippen LogP contribution in [0.1, 0.15) is 10.4 Å². The van der Waals surface area contributed by atoms with Gasteiger partial charge in [-0.3, -0.25) is 0 Å². The maximum absolute atomic E-state index is 10.9. The molecule has 1 N–H and O–H groups in total. The minimum Gasteiger partial charge on any atom is -0.478 e. The summed E-state index contributed by atoms with van der Waals surface area (Å²) in [5, 5.41) is 11.6. The van der Waals surface area contributed by atoms with Crippen molar-refractivity contribution in [2.24, 2.45) is 0 Å². The first-order valence-corrected chi connectivity index (χ1v) is 5.77. The van der Waals surface area contributed by atoms with Gasteiger partial charge in [-0.15, -0.1) is 11.3 Å². The number of aromatic carboxylic acids is 1. The minimum absolute atomic E-state index is 0.00912. The molecule has 17 heavy (non-hydrogen) atoms. The molecular formula is C12H10O4S. The summed E-state index contributed by atoms with van der Waals surface area (Å²) in [6.07, 6.45) is 0. The summed E-state index contributed by atoms with van der Waals surface area (Å²) in [5.41, 5.74) is 0.127. The summed E-state index contributed by atoms with van der Waals surface area (Å²) >= 11 is 1.45. The third-order valence-electron chi connectivity index (χ3n) is 2.03. The van der Waals surface area contributed by atoms with Crippen molar-refractivity contribution in [3.05, 3.63) is 47.3 Å². The smallest absolute Gasteiger partial charge is 0.339 e. The van der Waals surface area contributed by atoms with Crippen molar-refractivity contribution in [1.82, 2.24) is 0 Å². The molecule has 0 aliphatic rings. The van der Waals surface area contributed by atoms with Gasteiger partial charge in [0, 0.05) is 0 Å². The fraction of sp³-hybridized carbons (Fsp3) is 0.0833. The molecule has 0 aliphatic heterocycles. The Morgan fingerprint density at radius 1 is 1.18 bits per heavy atom. The summed E-state index contributed by atoms with van der Waals surface area (Å²) in [6, 6.07) is 10.1. The molecule has 1 aromatic carbocycles. The molecule has 0 aliphatic carbocycles. The highest BCUT2D eigenvalue weighted by Gasteiger charge is 2.09. The number of carboxylic acid groups (broad SMARTS) is 1. The Kier molecular flexibility index (Phi) is 3.62. The zero-order valence-corrected chi connectivity index (χ0v) is 9.65. The van der Waals surface area contributed by atoms with Crippen molar-refractivity contribution in [2.45, 2.75) is 0 Å². The van der Waals surface area contributed by atoms with E-state index in [0.29, 0.717) is 5.75 Å². The molecule has 1 aromatic heterocycles. The van der Waals surface area contributed by atoms with Crippen LogP contribution in [0, 0.1) is 0 Å². The summed E-state index contributed by atoms with van der Waals surface area (Å²) in [7, 11) is 0. The maximum atomic E-state index is 10.9. The Bertz CT molecular complexity index is 493. The van der Waals surface area contributed by atoms with Gasteiger partial charge in [0.2, 0.25) is 6.79 Å². The van der Waals surface area contributed by atoms with Crippen molar-refractivity contribution in [2.75, 3.05) is 6.79 Å². The van der Waals surface area contributed by atoms with Gasteiger partial charge in [0.05, 0.1) is 0 Å². The fourth-order valence-corrected chi connectivity index (χ4v) is 1.83. The summed E-state index contributed by atoms with van der Waals surface area (Å²) in [5.74, 6) is -0.715. The second kappa shape index (κ2) is 5.36. The SMILES string of the molecule is O=C(O)c1ccccc1OCOc1cccs1. The van der Waals surface area contributed by atoms with Gasteiger partial charge in [0.1, 0.15) is 11.3 Å². The van der Waals surface area contributed by atoms with E-state index in [0.717, 1.165) is 5.06 Å². The molecular weight excluding hydrogens is 240 g/mol. The number of thiophene rings is 1. The van der Waals surface area contributed by atoms with Crippen LogP contribution in [0.4, 0.5) is 0 Å². The van der Waals surface area contributed by atoms with E-state index in [-0.39, 0.29) is 12.4 Å². The monoisotopic (exact) mass is 250 g/mol. The van der Waals surface area contributed by atoms with Gasteiger partial charge in [-0.1, -0.05) is 12.1 Å². The van der Waals surface area contributed by atoms with Crippen LogP contribution in [-0.4, -0.2) is 17.9 Å². The van der Waals surface area contributed by atoms with Gasteiger partial charge in [-0.2, -0.15) is 0 Å². The first kappa shape index (κ1) is 11.5. The number of carbonyl (C=O) groups is 1. The van der Waals surface area contributed by atoms with Crippen LogP contribution in [-0.2, 0) is 0 Å². The number of ether oxygens (including phenoxy) is 2. The van der Waals surface area contributed by atoms with Crippen molar-refractivity contribution < 1.29 is 19.4 Å². The number of rotatable bonds is 5. The quantitative estimate of drug-likeness (QED) is 0.829. The zero-order valence-electron chi connectivity index (χ0n) is 8.83. The van der Waals surface area contributed by atoms with Crippen molar-refractivity contribution in [1.29, 1.82) is 0 Å². The van der Waals surface area contributed by atoms with E-state index in [1.54, 1.807) is 18.2 Å². The van der Waals surface area contributed by atoms with Crippen LogP contribution in [0.5, 0.6) is 10.8 Å². The summed E-state index contributed by atoms with van der Waals surface area (Å²) < 4.78 is 10.6. The Morgan fingerprint density at radius 2 is 2.00 bits per heavy atom. The lowest BCUT2D eigenvalue weighted by molar-refractivity contribution is 0.0683. The van der Waals surface area contributed by atoms with E-state index in [1.807, 2.05) is 17.5 Å². The first-order chi connectivity index (χ1) is 8.27. The Balaban J connectivity index is 1.97. The average molecular weight is 250 g/mol. The van der Waals surface area contributed by atoms with Gasteiger partial charge in [-0.05, 0) is 29.6 Å². The van der Waals surface area contributed by atoms with E-state index in [4.69, 9.17) is 14.6 Å². The lowest BCUT2D eigenvalue weighted by Crippen LogP contribution is -2.08. The molecule has 0 fully saturated rings. The van der Waals surface area contributed by atoms with E-state index in [9.17, 15) is 4.79 Å². The highest BCUT2D eigenvalue weighted by atomic mass is 32.1. The molecule has 4 nitrogen and oxygen atoms in total. The molecule has 0 radical (unpaired) electrons. The van der Waals surface area contributed by atoms with Crippen LogP contribution >= 0.6 is 11.3 Å². The molecule has 0 saturated heterocycles. The topological polar surface area (TPSA) is 55.8 Å². The van der Waals surface area contributed by atoms with Crippen LogP contribution in [0.15, 0.2) is 41.8 Å². The largest absolute Gasteiger partial charge is 0.478 e. The predicted molar refractivity (Wildman–Crippen MR) is 63.8 cm³/mol. The zero-order chi connectivity index (χ0) is 12.1. The lowest BCUT2D eigenvalue weighted by atomic mass is 10.2. The van der Waals surface area contributed by atoms with Gasteiger partial charge in [-0.25, -0.2) is 4.79 Å². The number of carboxylic acids is 1. The Hall–Kier alpha value is -2.01. The van der Waals surface area contributed by atoms with E-state index in [1.165, 1.54) is 17.4 Å². The van der Waals surface area contributed by atoms with Gasteiger partial charge >= 0.3 is 5.97 Å². The fourth-order valence-electron chi connectivity index (χ4n) is 1.27. The third kappa shape index (κ3) is 2.98. The molecule has 88 valence electrons. The molecule has 2 aromatic rings. The average Bonchev–Trinajstić information content (AvgIpc) is 2.82. The summed E-state index contributed by atoms with van der Waals surface area (Å²) in [6.45, 7) is -0.00912.